The van der Waals surface area contributed by atoms with E-state index in [4.69, 9.17) is 15.2 Å². The largest absolute Gasteiger partial charge is 0.416 e. The van der Waals surface area contributed by atoms with Gasteiger partial charge >= 0.3 is 6.18 Å². The van der Waals surface area contributed by atoms with E-state index in [9.17, 15) is 23.7 Å². The highest BCUT2D eigenvalue weighted by Crippen LogP contribution is 2.81. The molecule has 1 heterocycles. The molecule has 6 nitrogen and oxygen atoms in total. The fourth-order valence-electron chi connectivity index (χ4n) is 3.89. The molecule has 1 aliphatic heterocycles. The summed E-state index contributed by atoms with van der Waals surface area (Å²) in [6.07, 6.45) is -4.49. The molecule has 0 amide bonds. The third-order valence-corrected chi connectivity index (χ3v) is 5.05. The summed E-state index contributed by atoms with van der Waals surface area (Å²) in [6.45, 7) is 0. The van der Waals surface area contributed by atoms with Gasteiger partial charge in [-0.3, -0.25) is 0 Å². The highest BCUT2D eigenvalue weighted by atomic mass is 19.4. The second-order valence-electron chi connectivity index (χ2n) is 5.88. The van der Waals surface area contributed by atoms with Crippen molar-refractivity contribution in [2.75, 3.05) is 14.2 Å². The summed E-state index contributed by atoms with van der Waals surface area (Å²) in [6, 6.07) is 8.30. The van der Waals surface area contributed by atoms with Crippen LogP contribution in [-0.4, -0.2) is 26.0 Å². The zero-order valence-electron chi connectivity index (χ0n) is 13.3. The zero-order chi connectivity index (χ0) is 18.7. The van der Waals surface area contributed by atoms with Crippen LogP contribution in [0.1, 0.15) is 17.0 Å². The Hall–Kier alpha value is -2.62. The molecule has 1 aromatic carbocycles. The molecule has 3 atom stereocenters. The molecule has 1 saturated carbocycles. The highest BCUT2D eigenvalue weighted by molar-refractivity contribution is 6.00. The van der Waals surface area contributed by atoms with Gasteiger partial charge in [-0.15, -0.1) is 0 Å². The minimum atomic E-state index is -4.49. The second kappa shape index (κ2) is 4.94. The maximum atomic E-state index is 12.8. The van der Waals surface area contributed by atoms with Crippen LogP contribution in [0.3, 0.4) is 0 Å². The normalized spacial score (nSPS) is 32.3. The first kappa shape index (κ1) is 17.2. The summed E-state index contributed by atoms with van der Waals surface area (Å²) in [4.78, 5) is 4.03. The van der Waals surface area contributed by atoms with E-state index in [-0.39, 0.29) is 5.84 Å². The number of hydrogen-bond acceptors (Lipinski definition) is 6. The summed E-state index contributed by atoms with van der Waals surface area (Å²) in [5, 5.41) is 19.5. The van der Waals surface area contributed by atoms with Crippen molar-refractivity contribution >= 4 is 5.84 Å². The molecule has 0 saturated heterocycles. The van der Waals surface area contributed by atoms with Gasteiger partial charge in [-0.05, 0) is 17.7 Å². The number of nitriles is 2. The molecule has 130 valence electrons. The molecule has 1 aliphatic carbocycles. The van der Waals surface area contributed by atoms with Gasteiger partial charge < -0.3 is 15.2 Å². The van der Waals surface area contributed by atoms with E-state index < -0.39 is 34.4 Å². The predicted octanol–water partition coefficient (Wildman–Crippen LogP) is 2.14. The van der Waals surface area contributed by atoms with Crippen molar-refractivity contribution in [2.45, 2.75) is 18.0 Å². The average Bonchev–Trinajstić information content (AvgIpc) is 3.17. The van der Waals surface area contributed by atoms with Crippen molar-refractivity contribution in [1.82, 2.24) is 0 Å². The summed E-state index contributed by atoms with van der Waals surface area (Å²) in [7, 11) is 2.52. The summed E-state index contributed by atoms with van der Waals surface area (Å²) >= 11 is 0. The molecular weight excluding hydrogens is 337 g/mol. The Kier molecular flexibility index (Phi) is 3.40. The minimum Gasteiger partial charge on any atom is -0.386 e. The van der Waals surface area contributed by atoms with E-state index in [1.165, 1.54) is 26.4 Å². The lowest BCUT2D eigenvalue weighted by Crippen LogP contribution is -2.41. The fraction of sp³-hybridized carbons (Fsp3) is 0.438. The van der Waals surface area contributed by atoms with Crippen LogP contribution < -0.4 is 5.73 Å². The zero-order valence-corrected chi connectivity index (χ0v) is 13.3. The summed E-state index contributed by atoms with van der Waals surface area (Å²) in [5.74, 6) is -2.76. The van der Waals surface area contributed by atoms with Crippen molar-refractivity contribution in [3.05, 3.63) is 35.4 Å². The van der Waals surface area contributed by atoms with Crippen molar-refractivity contribution in [2.24, 2.45) is 21.6 Å². The number of nitrogens with zero attached hydrogens (tertiary/aromatic N) is 3. The number of rotatable bonds is 3. The molecule has 1 aromatic rings. The van der Waals surface area contributed by atoms with Crippen LogP contribution in [0.4, 0.5) is 13.2 Å². The van der Waals surface area contributed by atoms with Gasteiger partial charge in [0.15, 0.2) is 5.41 Å². The van der Waals surface area contributed by atoms with Crippen LogP contribution in [0, 0.1) is 33.5 Å². The van der Waals surface area contributed by atoms with Crippen molar-refractivity contribution < 1.29 is 22.6 Å². The summed E-state index contributed by atoms with van der Waals surface area (Å²) in [5.41, 5.74) is 2.34. The quantitative estimate of drug-likeness (QED) is 0.841. The first-order valence-electron chi connectivity index (χ1n) is 7.16. The third kappa shape index (κ3) is 1.72. The number of halogens is 3. The van der Waals surface area contributed by atoms with Gasteiger partial charge in [0, 0.05) is 20.1 Å². The maximum absolute atomic E-state index is 12.8. The molecule has 2 aliphatic rings. The Morgan fingerprint density at radius 3 is 2.08 bits per heavy atom. The number of ether oxygens (including phenoxy) is 2. The number of hydrogen-bond donors (Lipinski definition) is 1. The first-order chi connectivity index (χ1) is 11.7. The average molecular weight is 350 g/mol. The van der Waals surface area contributed by atoms with E-state index >= 15 is 0 Å². The van der Waals surface area contributed by atoms with E-state index in [0.29, 0.717) is 5.56 Å². The molecule has 0 bridgehead atoms. The lowest BCUT2D eigenvalue weighted by molar-refractivity contribution is -0.230. The second-order valence-corrected chi connectivity index (χ2v) is 5.88. The van der Waals surface area contributed by atoms with Crippen molar-refractivity contribution in [3.63, 3.8) is 0 Å². The van der Waals surface area contributed by atoms with Crippen LogP contribution in [0.2, 0.25) is 0 Å². The molecule has 0 radical (unpaired) electrons. The topological polar surface area (TPSA) is 104 Å². The van der Waals surface area contributed by atoms with Gasteiger partial charge in [0.2, 0.25) is 0 Å². The van der Waals surface area contributed by atoms with Gasteiger partial charge in [0.05, 0.1) is 17.7 Å². The molecule has 25 heavy (non-hydrogen) atoms. The van der Waals surface area contributed by atoms with E-state index in [1.54, 1.807) is 0 Å². The molecule has 9 heteroatoms. The maximum Gasteiger partial charge on any atom is 0.416 e. The molecule has 1 fully saturated rings. The van der Waals surface area contributed by atoms with Gasteiger partial charge in [-0.25, -0.2) is 4.99 Å². The van der Waals surface area contributed by atoms with Gasteiger partial charge in [0.25, 0.3) is 5.91 Å². The van der Waals surface area contributed by atoms with Crippen molar-refractivity contribution in [3.8, 4) is 12.1 Å². The van der Waals surface area contributed by atoms with E-state index in [0.717, 1.165) is 12.1 Å². The highest BCUT2D eigenvalue weighted by Gasteiger charge is 2.93. The number of benzene rings is 1. The van der Waals surface area contributed by atoms with Gasteiger partial charge in [0.1, 0.15) is 11.3 Å². The number of amidine groups is 1. The number of fused-ring (bicyclic) bond motifs is 1. The molecule has 2 N–H and O–H groups in total. The monoisotopic (exact) mass is 350 g/mol. The van der Waals surface area contributed by atoms with Gasteiger partial charge in [-0.1, -0.05) is 12.1 Å². The Labute approximate surface area is 141 Å². The lowest BCUT2D eigenvalue weighted by Gasteiger charge is -2.29. The molecule has 3 unspecified atom stereocenters. The first-order valence-corrected chi connectivity index (χ1v) is 7.16. The third-order valence-electron chi connectivity index (χ3n) is 5.05. The lowest BCUT2D eigenvalue weighted by atomic mass is 9.93. The van der Waals surface area contributed by atoms with E-state index in [1.807, 2.05) is 12.1 Å². The SMILES string of the molecule is COC1(OC)N=C(N)C2(C#N)C(c3ccc(C(F)(F)F)cc3)C12C#N. The van der Waals surface area contributed by atoms with Gasteiger partial charge in [-0.2, -0.15) is 23.7 Å². The smallest absolute Gasteiger partial charge is 0.386 e. The predicted molar refractivity (Wildman–Crippen MR) is 78.6 cm³/mol. The van der Waals surface area contributed by atoms with E-state index in [2.05, 4.69) is 4.99 Å². The summed E-state index contributed by atoms with van der Waals surface area (Å²) < 4.78 is 48.8. The molecular formula is C16H13F3N4O2. The Balaban J connectivity index is 2.15. The Bertz CT molecular complexity index is 833. The molecule has 0 spiro atoms. The van der Waals surface area contributed by atoms with Crippen LogP contribution in [-0.2, 0) is 15.7 Å². The van der Waals surface area contributed by atoms with Crippen LogP contribution >= 0.6 is 0 Å². The Morgan fingerprint density at radius 2 is 1.68 bits per heavy atom. The Morgan fingerprint density at radius 1 is 1.12 bits per heavy atom. The molecule has 3 rings (SSSR count). The number of alkyl halides is 3. The van der Waals surface area contributed by atoms with Crippen LogP contribution in [0.15, 0.2) is 29.3 Å². The number of nitrogens with two attached hydrogens (primary N) is 1. The number of aliphatic imine (C=N–C) groups is 1. The standard InChI is InChI=1S/C16H13F3N4O2/c1-24-16(25-2)14(8-21)11(13(14,7-20)12(22)23-16)9-3-5-10(6-4-9)15(17,18)19/h3-6,11H,1-2H3,(H2,22,23). The minimum absolute atomic E-state index is 0.134. The number of methoxy groups -OCH3 is 2. The van der Waals surface area contributed by atoms with Crippen LogP contribution in [0.5, 0.6) is 0 Å². The molecule has 0 aromatic heterocycles. The fourth-order valence-corrected chi connectivity index (χ4v) is 3.89. The van der Waals surface area contributed by atoms with Crippen LogP contribution in [0.25, 0.3) is 0 Å². The van der Waals surface area contributed by atoms with Crippen molar-refractivity contribution in [1.29, 1.82) is 10.5 Å².